The van der Waals surface area contributed by atoms with E-state index >= 15 is 0 Å². The molecule has 0 saturated heterocycles. The molecule has 17 heavy (non-hydrogen) atoms. The van der Waals surface area contributed by atoms with Crippen LogP contribution >= 0.6 is 11.6 Å². The molecule has 0 radical (unpaired) electrons. The minimum atomic E-state index is 0.254. The van der Waals surface area contributed by atoms with Crippen molar-refractivity contribution >= 4 is 11.6 Å². The standard InChI is InChI=1S/C14H20ClNO/c1-10(16-2)13-9-12(15)5-6-14(13)17-8-7-11-3-4-11/h5-6,9-11,16H,3-4,7-8H2,1-2H3. The van der Waals surface area contributed by atoms with E-state index in [1.54, 1.807) is 0 Å². The van der Waals surface area contributed by atoms with Gasteiger partial charge in [-0.25, -0.2) is 0 Å². The van der Waals surface area contributed by atoms with Crippen LogP contribution in [0.5, 0.6) is 5.75 Å². The predicted molar refractivity (Wildman–Crippen MR) is 71.8 cm³/mol. The molecule has 0 aromatic heterocycles. The molecule has 2 rings (SSSR count). The van der Waals surface area contributed by atoms with Crippen molar-refractivity contribution in [2.45, 2.75) is 32.2 Å². The number of nitrogens with one attached hydrogen (secondary N) is 1. The van der Waals surface area contributed by atoms with Crippen molar-refractivity contribution in [3.05, 3.63) is 28.8 Å². The summed E-state index contributed by atoms with van der Waals surface area (Å²) in [7, 11) is 1.94. The van der Waals surface area contributed by atoms with Crippen LogP contribution in [0.2, 0.25) is 5.02 Å². The summed E-state index contributed by atoms with van der Waals surface area (Å²) in [5.74, 6) is 1.87. The highest BCUT2D eigenvalue weighted by Gasteiger charge is 2.21. The van der Waals surface area contributed by atoms with Gasteiger partial charge in [-0.15, -0.1) is 0 Å². The molecule has 1 aromatic rings. The second kappa shape index (κ2) is 5.74. The lowest BCUT2D eigenvalue weighted by Crippen LogP contribution is -2.14. The maximum Gasteiger partial charge on any atom is 0.124 e. The van der Waals surface area contributed by atoms with E-state index in [4.69, 9.17) is 16.3 Å². The van der Waals surface area contributed by atoms with E-state index in [0.717, 1.165) is 28.9 Å². The third-order valence-corrected chi connectivity index (χ3v) is 3.59. The van der Waals surface area contributed by atoms with Gasteiger partial charge in [0.2, 0.25) is 0 Å². The monoisotopic (exact) mass is 253 g/mol. The third kappa shape index (κ3) is 3.62. The molecule has 1 aliphatic rings. The van der Waals surface area contributed by atoms with Gasteiger partial charge in [0.15, 0.2) is 0 Å². The van der Waals surface area contributed by atoms with Crippen LogP contribution in [0.4, 0.5) is 0 Å². The fraction of sp³-hybridized carbons (Fsp3) is 0.571. The van der Waals surface area contributed by atoms with E-state index in [0.29, 0.717) is 0 Å². The summed E-state index contributed by atoms with van der Waals surface area (Å²) in [5.41, 5.74) is 1.13. The number of hydrogen-bond acceptors (Lipinski definition) is 2. The molecule has 0 heterocycles. The summed E-state index contributed by atoms with van der Waals surface area (Å²) in [5, 5.41) is 3.98. The second-order valence-electron chi connectivity index (χ2n) is 4.77. The molecule has 94 valence electrons. The smallest absolute Gasteiger partial charge is 0.124 e. The van der Waals surface area contributed by atoms with Crippen molar-refractivity contribution in [1.29, 1.82) is 0 Å². The fourth-order valence-corrected chi connectivity index (χ4v) is 2.07. The first kappa shape index (κ1) is 12.7. The first-order chi connectivity index (χ1) is 8.20. The van der Waals surface area contributed by atoms with E-state index in [2.05, 4.69) is 12.2 Å². The van der Waals surface area contributed by atoms with Crippen LogP contribution < -0.4 is 10.1 Å². The number of ether oxygens (including phenoxy) is 1. The number of rotatable bonds is 6. The Hall–Kier alpha value is -0.730. The summed E-state index contributed by atoms with van der Waals surface area (Å²) < 4.78 is 5.87. The van der Waals surface area contributed by atoms with Crippen molar-refractivity contribution in [2.24, 2.45) is 5.92 Å². The Kier molecular flexibility index (Phi) is 4.30. The topological polar surface area (TPSA) is 21.3 Å². The van der Waals surface area contributed by atoms with Gasteiger partial charge in [0.1, 0.15) is 5.75 Å². The van der Waals surface area contributed by atoms with Gasteiger partial charge in [0.25, 0.3) is 0 Å². The maximum atomic E-state index is 6.03. The molecule has 1 aliphatic carbocycles. The Balaban J connectivity index is 2.02. The SMILES string of the molecule is CNC(C)c1cc(Cl)ccc1OCCC1CC1. The van der Waals surface area contributed by atoms with Gasteiger partial charge in [0, 0.05) is 16.6 Å². The predicted octanol–water partition coefficient (Wildman–Crippen LogP) is 3.80. The molecule has 1 unspecified atom stereocenters. The molecule has 1 aromatic carbocycles. The highest BCUT2D eigenvalue weighted by atomic mass is 35.5. The van der Waals surface area contributed by atoms with Crippen molar-refractivity contribution in [2.75, 3.05) is 13.7 Å². The van der Waals surface area contributed by atoms with Gasteiger partial charge in [0.05, 0.1) is 6.61 Å². The first-order valence-corrected chi connectivity index (χ1v) is 6.68. The van der Waals surface area contributed by atoms with E-state index < -0.39 is 0 Å². The number of hydrogen-bond donors (Lipinski definition) is 1. The molecule has 0 bridgehead atoms. The van der Waals surface area contributed by atoms with E-state index in [-0.39, 0.29) is 6.04 Å². The van der Waals surface area contributed by atoms with Crippen molar-refractivity contribution in [3.8, 4) is 5.75 Å². The highest BCUT2D eigenvalue weighted by molar-refractivity contribution is 6.30. The van der Waals surface area contributed by atoms with Crippen LogP contribution in [0.25, 0.3) is 0 Å². The highest BCUT2D eigenvalue weighted by Crippen LogP contribution is 2.33. The fourth-order valence-electron chi connectivity index (χ4n) is 1.89. The molecule has 2 nitrogen and oxygen atoms in total. The van der Waals surface area contributed by atoms with Gasteiger partial charge in [-0.1, -0.05) is 24.4 Å². The maximum absolute atomic E-state index is 6.03. The average molecular weight is 254 g/mol. The number of halogens is 1. The van der Waals surface area contributed by atoms with Crippen LogP contribution in [0.1, 0.15) is 37.8 Å². The average Bonchev–Trinajstić information content (AvgIpc) is 3.14. The molecular weight excluding hydrogens is 234 g/mol. The Morgan fingerprint density at radius 1 is 1.47 bits per heavy atom. The third-order valence-electron chi connectivity index (χ3n) is 3.35. The molecule has 0 spiro atoms. The summed E-state index contributed by atoms with van der Waals surface area (Å²) in [6, 6.07) is 6.10. The van der Waals surface area contributed by atoms with Gasteiger partial charge in [-0.2, -0.15) is 0 Å². The Morgan fingerprint density at radius 3 is 2.88 bits per heavy atom. The zero-order valence-corrected chi connectivity index (χ0v) is 11.3. The molecule has 3 heteroatoms. The van der Waals surface area contributed by atoms with Crippen molar-refractivity contribution in [1.82, 2.24) is 5.32 Å². The largest absolute Gasteiger partial charge is 0.493 e. The van der Waals surface area contributed by atoms with Crippen LogP contribution in [-0.2, 0) is 0 Å². The molecule has 0 amide bonds. The minimum absolute atomic E-state index is 0.254. The molecule has 1 N–H and O–H groups in total. The normalized spacial score (nSPS) is 16.9. The second-order valence-corrected chi connectivity index (χ2v) is 5.21. The Bertz CT molecular complexity index is 376. The summed E-state index contributed by atoms with van der Waals surface area (Å²) >= 11 is 6.03. The van der Waals surface area contributed by atoms with Crippen molar-refractivity contribution in [3.63, 3.8) is 0 Å². The molecule has 0 aliphatic heterocycles. The molecule has 1 atom stereocenters. The summed E-state index contributed by atoms with van der Waals surface area (Å²) in [4.78, 5) is 0. The quantitative estimate of drug-likeness (QED) is 0.833. The summed E-state index contributed by atoms with van der Waals surface area (Å²) in [6.07, 6.45) is 3.93. The van der Waals surface area contributed by atoms with E-state index in [1.165, 1.54) is 19.3 Å². The zero-order valence-electron chi connectivity index (χ0n) is 10.5. The lowest BCUT2D eigenvalue weighted by Gasteiger charge is -2.16. The van der Waals surface area contributed by atoms with Crippen molar-refractivity contribution < 1.29 is 4.74 Å². The van der Waals surface area contributed by atoms with Gasteiger partial charge < -0.3 is 10.1 Å². The number of benzene rings is 1. The van der Waals surface area contributed by atoms with Gasteiger partial charge in [-0.3, -0.25) is 0 Å². The van der Waals surface area contributed by atoms with Gasteiger partial charge in [-0.05, 0) is 44.5 Å². The zero-order chi connectivity index (χ0) is 12.3. The van der Waals surface area contributed by atoms with Crippen LogP contribution in [0.3, 0.4) is 0 Å². The lowest BCUT2D eigenvalue weighted by atomic mass is 10.1. The Labute approximate surface area is 108 Å². The van der Waals surface area contributed by atoms with Crippen LogP contribution in [0, 0.1) is 5.92 Å². The van der Waals surface area contributed by atoms with Gasteiger partial charge >= 0.3 is 0 Å². The molecule has 1 saturated carbocycles. The first-order valence-electron chi connectivity index (χ1n) is 6.30. The van der Waals surface area contributed by atoms with Crippen LogP contribution in [-0.4, -0.2) is 13.7 Å². The Morgan fingerprint density at radius 2 is 2.24 bits per heavy atom. The van der Waals surface area contributed by atoms with E-state index in [9.17, 15) is 0 Å². The summed E-state index contributed by atoms with van der Waals surface area (Å²) in [6.45, 7) is 2.93. The van der Waals surface area contributed by atoms with Crippen LogP contribution in [0.15, 0.2) is 18.2 Å². The molecular formula is C14H20ClNO. The molecule has 1 fully saturated rings. The van der Waals surface area contributed by atoms with E-state index in [1.807, 2.05) is 25.2 Å². The minimum Gasteiger partial charge on any atom is -0.493 e. The lowest BCUT2D eigenvalue weighted by molar-refractivity contribution is 0.297.